The zero-order valence-corrected chi connectivity index (χ0v) is 21.5. The van der Waals surface area contributed by atoms with Crippen LogP contribution < -0.4 is 4.90 Å². The minimum absolute atomic E-state index is 0.0715. The lowest BCUT2D eigenvalue weighted by atomic mass is 10.1. The van der Waals surface area contributed by atoms with E-state index in [0.29, 0.717) is 0 Å². The van der Waals surface area contributed by atoms with E-state index in [1.54, 1.807) is 0 Å². The molecule has 0 radical (unpaired) electrons. The number of halogens is 1. The van der Waals surface area contributed by atoms with Crippen LogP contribution in [0.1, 0.15) is 44.0 Å². The molecule has 5 heteroatoms. The quantitative estimate of drug-likeness (QED) is 0.426. The third kappa shape index (κ3) is 5.80. The van der Waals surface area contributed by atoms with Gasteiger partial charge in [-0.3, -0.25) is 9.58 Å². The Hall–Kier alpha value is -2.30. The average Bonchev–Trinajstić information content (AvgIpc) is 3.22. The van der Waals surface area contributed by atoms with Crippen LogP contribution in [-0.4, -0.2) is 47.4 Å². The largest absolute Gasteiger partial charge is 0.369 e. The van der Waals surface area contributed by atoms with Crippen molar-refractivity contribution in [3.05, 3.63) is 70.4 Å². The Labute approximate surface area is 204 Å². The molecule has 1 aliphatic heterocycles. The monoisotopic (exact) mass is 464 g/mol. The van der Waals surface area contributed by atoms with Gasteiger partial charge < -0.3 is 4.90 Å². The predicted molar refractivity (Wildman–Crippen MR) is 141 cm³/mol. The molecule has 0 spiro atoms. The van der Waals surface area contributed by atoms with Crippen LogP contribution in [0.4, 0.5) is 5.69 Å². The molecule has 2 aromatic carbocycles. The molecule has 3 aromatic rings. The molecule has 1 saturated heterocycles. The van der Waals surface area contributed by atoms with Crippen LogP contribution >= 0.6 is 11.6 Å². The summed E-state index contributed by atoms with van der Waals surface area (Å²) in [7, 11) is 0. The molecule has 0 bridgehead atoms. The molecule has 0 saturated carbocycles. The summed E-state index contributed by atoms with van der Waals surface area (Å²) in [6.07, 6.45) is 2.13. The normalized spacial score (nSPS) is 15.3. The molecule has 0 unspecified atom stereocenters. The number of benzene rings is 2. The van der Waals surface area contributed by atoms with Gasteiger partial charge in [0, 0.05) is 36.9 Å². The van der Waals surface area contributed by atoms with E-state index in [1.807, 2.05) is 12.1 Å². The molecule has 2 heterocycles. The second-order valence-corrected chi connectivity index (χ2v) is 10.7. The van der Waals surface area contributed by atoms with Crippen molar-refractivity contribution in [2.24, 2.45) is 0 Å². The number of aryl methyl sites for hydroxylation is 3. The maximum absolute atomic E-state index is 6.10. The average molecular weight is 465 g/mol. The van der Waals surface area contributed by atoms with Gasteiger partial charge in [-0.25, -0.2) is 0 Å². The van der Waals surface area contributed by atoms with Crippen LogP contribution in [0.3, 0.4) is 0 Å². The number of nitrogens with zero attached hydrogens (tertiary/aromatic N) is 4. The van der Waals surface area contributed by atoms with Gasteiger partial charge in [0.05, 0.1) is 16.9 Å². The number of piperazine rings is 1. The van der Waals surface area contributed by atoms with E-state index in [1.165, 1.54) is 22.5 Å². The number of anilines is 1. The maximum Gasteiger partial charge on any atom is 0.0691 e. The van der Waals surface area contributed by atoms with Crippen molar-refractivity contribution < 1.29 is 0 Å². The summed E-state index contributed by atoms with van der Waals surface area (Å²) in [5.74, 6) is 0. The van der Waals surface area contributed by atoms with Crippen LogP contribution in [-0.2, 0) is 12.0 Å². The molecule has 4 nitrogen and oxygen atoms in total. The molecule has 4 rings (SSSR count). The van der Waals surface area contributed by atoms with Crippen molar-refractivity contribution in [3.8, 4) is 11.3 Å². The zero-order chi connectivity index (χ0) is 23.6. The van der Waals surface area contributed by atoms with Gasteiger partial charge >= 0.3 is 0 Å². The minimum atomic E-state index is -0.0715. The smallest absolute Gasteiger partial charge is 0.0691 e. The number of hydrogen-bond donors (Lipinski definition) is 0. The topological polar surface area (TPSA) is 24.3 Å². The molecule has 0 aliphatic carbocycles. The van der Waals surface area contributed by atoms with Gasteiger partial charge in [0.15, 0.2) is 0 Å². The third-order valence-electron chi connectivity index (χ3n) is 6.67. The van der Waals surface area contributed by atoms with Crippen LogP contribution in [0.2, 0.25) is 5.02 Å². The fourth-order valence-corrected chi connectivity index (χ4v) is 4.65. The van der Waals surface area contributed by atoms with Crippen LogP contribution in [0.25, 0.3) is 11.3 Å². The fourth-order valence-electron chi connectivity index (χ4n) is 4.53. The Morgan fingerprint density at radius 3 is 2.21 bits per heavy atom. The second kappa shape index (κ2) is 9.90. The van der Waals surface area contributed by atoms with Gasteiger partial charge in [0.25, 0.3) is 0 Å². The summed E-state index contributed by atoms with van der Waals surface area (Å²) in [4.78, 5) is 5.12. The van der Waals surface area contributed by atoms with Gasteiger partial charge in [-0.05, 0) is 101 Å². The van der Waals surface area contributed by atoms with Gasteiger partial charge in [-0.15, -0.1) is 0 Å². The van der Waals surface area contributed by atoms with Crippen molar-refractivity contribution in [1.29, 1.82) is 0 Å². The van der Waals surface area contributed by atoms with Crippen molar-refractivity contribution >= 4 is 17.3 Å². The van der Waals surface area contributed by atoms with E-state index in [2.05, 4.69) is 85.5 Å². The number of rotatable bonds is 6. The van der Waals surface area contributed by atoms with E-state index < -0.39 is 0 Å². The molecular weight excluding hydrogens is 428 g/mol. The van der Waals surface area contributed by atoms with E-state index in [-0.39, 0.29) is 5.54 Å². The lowest BCUT2D eigenvalue weighted by Crippen LogP contribution is -2.46. The predicted octanol–water partition coefficient (Wildman–Crippen LogP) is 6.33. The summed E-state index contributed by atoms with van der Waals surface area (Å²) < 4.78 is 2.16. The summed E-state index contributed by atoms with van der Waals surface area (Å²) in [5, 5.41) is 5.75. The van der Waals surface area contributed by atoms with Crippen LogP contribution in [0.5, 0.6) is 0 Å². The van der Waals surface area contributed by atoms with Crippen LogP contribution in [0, 0.1) is 13.8 Å². The van der Waals surface area contributed by atoms with E-state index in [0.717, 1.165) is 61.8 Å². The number of hydrogen-bond acceptors (Lipinski definition) is 3. The van der Waals surface area contributed by atoms with Gasteiger partial charge in [0.2, 0.25) is 0 Å². The molecule has 0 amide bonds. The highest BCUT2D eigenvalue weighted by Crippen LogP contribution is 2.28. The standard InChI is InChI=1S/C28H37ClN4/c1-21-8-13-26(19-22(21)2)32-17-15-31(16-18-32)14-6-7-25-20-27(33(30-25)28(3,4)5)23-9-11-24(29)12-10-23/h8-13,19-20H,6-7,14-18H2,1-5H3. The van der Waals surface area contributed by atoms with Crippen molar-refractivity contribution in [3.63, 3.8) is 0 Å². The van der Waals surface area contributed by atoms with Gasteiger partial charge in [-0.2, -0.15) is 5.10 Å². The molecule has 176 valence electrons. The first-order chi connectivity index (χ1) is 15.7. The Bertz CT molecular complexity index is 1070. The molecule has 1 fully saturated rings. The van der Waals surface area contributed by atoms with E-state index >= 15 is 0 Å². The van der Waals surface area contributed by atoms with Gasteiger partial charge in [0.1, 0.15) is 0 Å². The highest BCUT2D eigenvalue weighted by Gasteiger charge is 2.21. The first-order valence-electron chi connectivity index (χ1n) is 12.1. The lowest BCUT2D eigenvalue weighted by molar-refractivity contribution is 0.254. The molecule has 1 aromatic heterocycles. The molecule has 0 atom stereocenters. The summed E-state index contributed by atoms with van der Waals surface area (Å²) in [6.45, 7) is 16.6. The molecule has 0 N–H and O–H groups in total. The van der Waals surface area contributed by atoms with E-state index in [9.17, 15) is 0 Å². The third-order valence-corrected chi connectivity index (χ3v) is 6.92. The molecule has 1 aliphatic rings. The van der Waals surface area contributed by atoms with Crippen molar-refractivity contribution in [2.75, 3.05) is 37.6 Å². The summed E-state index contributed by atoms with van der Waals surface area (Å²) in [6, 6.07) is 17.2. The highest BCUT2D eigenvalue weighted by atomic mass is 35.5. The fraction of sp³-hybridized carbons (Fsp3) is 0.464. The number of aromatic nitrogens is 2. The van der Waals surface area contributed by atoms with Gasteiger partial charge in [-0.1, -0.05) is 29.8 Å². The van der Waals surface area contributed by atoms with Crippen molar-refractivity contribution in [2.45, 2.75) is 53.0 Å². The Morgan fingerprint density at radius 2 is 1.58 bits per heavy atom. The van der Waals surface area contributed by atoms with E-state index in [4.69, 9.17) is 16.7 Å². The van der Waals surface area contributed by atoms with Crippen molar-refractivity contribution in [1.82, 2.24) is 14.7 Å². The first kappa shape index (κ1) is 23.8. The second-order valence-electron chi connectivity index (χ2n) is 10.3. The maximum atomic E-state index is 6.10. The lowest BCUT2D eigenvalue weighted by Gasteiger charge is -2.36. The minimum Gasteiger partial charge on any atom is -0.369 e. The van der Waals surface area contributed by atoms with Crippen LogP contribution in [0.15, 0.2) is 48.5 Å². The Morgan fingerprint density at radius 1 is 0.879 bits per heavy atom. The Balaban J connectivity index is 1.33. The summed E-state index contributed by atoms with van der Waals surface area (Å²) >= 11 is 6.10. The molecular formula is C28H37ClN4. The first-order valence-corrected chi connectivity index (χ1v) is 12.5. The summed E-state index contributed by atoms with van der Waals surface area (Å²) in [5.41, 5.74) is 7.53. The Kier molecular flexibility index (Phi) is 7.16. The zero-order valence-electron chi connectivity index (χ0n) is 20.7. The highest BCUT2D eigenvalue weighted by molar-refractivity contribution is 6.30. The SMILES string of the molecule is Cc1ccc(N2CCN(CCCc3cc(-c4ccc(Cl)cc4)n(C(C)(C)C)n3)CC2)cc1C. The molecule has 33 heavy (non-hydrogen) atoms.